The van der Waals surface area contributed by atoms with Crippen LogP contribution >= 0.6 is 77.4 Å². The second-order valence-corrected chi connectivity index (χ2v) is 49.1. The number of carboxylic acid groups (broad SMARTS) is 2. The fourth-order valence-electron chi connectivity index (χ4n) is 11.7. The van der Waals surface area contributed by atoms with Gasteiger partial charge in [0, 0.05) is 0 Å². The first-order chi connectivity index (χ1) is 54.6. The molecule has 0 radical (unpaired) electrons. The van der Waals surface area contributed by atoms with E-state index in [0.29, 0.717) is 74.9 Å². The van der Waals surface area contributed by atoms with Crippen molar-refractivity contribution in [3.8, 4) is 23.0 Å². The lowest BCUT2D eigenvalue weighted by molar-refractivity contribution is -0.165. The second-order valence-electron chi connectivity index (χ2n) is 34.3. The Bertz CT molecular complexity index is 3470. The summed E-state index contributed by atoms with van der Waals surface area (Å²) in [5, 5.41) is 42.6. The molecule has 0 fully saturated rings. The summed E-state index contributed by atoms with van der Waals surface area (Å²) in [5.74, 6) is -0.843. The van der Waals surface area contributed by atoms with Gasteiger partial charge in [0.25, 0.3) is 0 Å². The van der Waals surface area contributed by atoms with E-state index in [1.807, 2.05) is 111 Å². The molecule has 1 heterocycles. The molecule has 118 heavy (non-hydrogen) atoms. The van der Waals surface area contributed by atoms with Crippen molar-refractivity contribution < 1.29 is 103 Å². The summed E-state index contributed by atoms with van der Waals surface area (Å²) in [6.45, 7) is 60.9. The average Bonchev–Trinajstić information content (AvgIpc) is 0.756. The Morgan fingerprint density at radius 1 is 0.305 bits per heavy atom. The molecule has 0 saturated heterocycles. The number of nitrogens with one attached hydrogen (secondary N) is 4. The molecule has 2 unspecified atom stereocenters. The number of rotatable bonds is 47. The van der Waals surface area contributed by atoms with E-state index in [2.05, 4.69) is 153 Å². The Kier molecular flexibility index (Phi) is 42.0. The molecule has 4 aromatic carbocycles. The Labute approximate surface area is 722 Å². The highest BCUT2D eigenvalue weighted by molar-refractivity contribution is 8.01. The maximum absolute atomic E-state index is 14.3. The van der Waals surface area contributed by atoms with Crippen LogP contribution in [0, 0.1) is 0 Å². The summed E-state index contributed by atoms with van der Waals surface area (Å²) in [6.07, 6.45) is -2.41. The van der Waals surface area contributed by atoms with E-state index in [0.717, 1.165) is 61.4 Å². The number of ether oxygens (including phenoxy) is 4. The molecule has 674 valence electrons. The van der Waals surface area contributed by atoms with Crippen LogP contribution in [0.1, 0.15) is 242 Å². The number of carboxylic acids is 2. The molecule has 26 nitrogen and oxygen atoms in total. The number of carbonyl (C=O) groups is 2. The number of fused-ring (bicyclic) bond motifs is 8. The van der Waals surface area contributed by atoms with Crippen molar-refractivity contribution in [1.82, 2.24) is 21.3 Å². The molecular formula is C84H142N4O22P4S4. The van der Waals surface area contributed by atoms with Crippen molar-refractivity contribution >= 4 is 89.4 Å². The first kappa shape index (κ1) is 107. The third-order valence-electron chi connectivity index (χ3n) is 18.9. The van der Waals surface area contributed by atoms with Crippen LogP contribution in [0.15, 0.2) is 87.7 Å². The molecule has 34 heteroatoms. The third kappa shape index (κ3) is 30.0. The van der Waals surface area contributed by atoms with Crippen molar-refractivity contribution in [3.05, 3.63) is 70.8 Å². The van der Waals surface area contributed by atoms with Gasteiger partial charge < -0.3 is 96.8 Å². The highest BCUT2D eigenvalue weighted by Crippen LogP contribution is 2.63. The van der Waals surface area contributed by atoms with Gasteiger partial charge in [-0.25, -0.2) is 9.59 Å². The summed E-state index contributed by atoms with van der Waals surface area (Å²) in [7, 11) is -14.3. The number of hydrogen-bond acceptors (Lipinski definition) is 28. The van der Waals surface area contributed by atoms with Gasteiger partial charge in [0.1, 0.15) is 44.1 Å². The number of hydrogen-bond donors (Lipinski definition) is 8. The van der Waals surface area contributed by atoms with Crippen molar-refractivity contribution in [2.45, 2.75) is 314 Å². The van der Waals surface area contributed by atoms with Crippen LogP contribution in [-0.2, 0) is 85.7 Å². The Morgan fingerprint density at radius 3 is 0.568 bits per heavy atom. The van der Waals surface area contributed by atoms with E-state index < -0.39 is 75.6 Å². The molecular weight excluding hydrogens is 1670 g/mol. The van der Waals surface area contributed by atoms with Crippen LogP contribution in [0.3, 0.4) is 0 Å². The first-order valence-corrected chi connectivity index (χ1v) is 50.4. The number of benzene rings is 4. The minimum atomic E-state index is -3.57. The maximum atomic E-state index is 14.3. The van der Waals surface area contributed by atoms with Gasteiger partial charge in [0.15, 0.2) is 12.2 Å². The summed E-state index contributed by atoms with van der Waals surface area (Å²) in [6, 6.07) is 18.1. The molecule has 5 rings (SSSR count). The van der Waals surface area contributed by atoms with Crippen LogP contribution in [0.25, 0.3) is 0 Å². The minimum Gasteiger partial charge on any atom is -0.491 e. The lowest BCUT2D eigenvalue weighted by atomic mass is 9.87. The molecule has 1 aliphatic rings. The quantitative estimate of drug-likeness (QED) is 0.0132. The first-order valence-electron chi connectivity index (χ1n) is 41.0. The van der Waals surface area contributed by atoms with E-state index in [4.69, 9.17) is 75.6 Å². The predicted octanol–water partition coefficient (Wildman–Crippen LogP) is 21.1. The lowest BCUT2D eigenvalue weighted by Gasteiger charge is -2.33. The molecule has 1 aliphatic heterocycles. The summed E-state index contributed by atoms with van der Waals surface area (Å²) in [5.41, 5.74) is 2.90. The van der Waals surface area contributed by atoms with Crippen LogP contribution in [0.2, 0.25) is 0 Å². The number of aliphatic hydroxyl groups is 2. The van der Waals surface area contributed by atoms with Gasteiger partial charge in [-0.3, -0.25) is 18.3 Å². The van der Waals surface area contributed by atoms with Crippen LogP contribution in [-0.4, -0.2) is 171 Å². The minimum absolute atomic E-state index is 0.234. The topological polar surface area (TPSA) is 342 Å². The average molecular weight is 1810 g/mol. The van der Waals surface area contributed by atoms with Crippen molar-refractivity contribution in [1.29, 1.82) is 0 Å². The summed E-state index contributed by atoms with van der Waals surface area (Å²) in [4.78, 5) is 26.5. The zero-order valence-corrected chi connectivity index (χ0v) is 82.3. The Balaban J connectivity index is 0.00000273. The highest BCUT2D eigenvalue weighted by atomic mass is 32.2. The standard InChI is InChI=1S/C80H136N4O16P4S4.C4H6O6/c1-29-93-101(85,94-30-2)77(21,22)81-41-37-45-89-69-61-49-57(73(9,10)11)50-62(69)106-64-52-59(75(15,16)17)54-66(71(64)91-47-39-43-83-79(25,26)103(87,97-33-5)98-34-6)108-68-56-60(76(18,19)20)55-67(72(68)92-48-40-44-84-80(27,28)104(88,99-35-7)100-36-8)107-65-53-58(74(12,13)14)51-63(105-61)70(65)90-46-38-42-82-78(23,24)102(86,95-31-3)96-32-4;5-1(3(7)8)2(6)4(9)10/h49-56,81-84H,29-48H2,1-28H3;1-2,5-6H,(H,7,8)(H,9,10). The molecule has 0 amide bonds. The molecule has 0 aromatic heterocycles. The monoisotopic (exact) mass is 1810 g/mol. The molecule has 0 spiro atoms. The normalized spacial score (nSPS) is 14.3. The number of aliphatic hydroxyl groups excluding tert-OH is 2. The van der Waals surface area contributed by atoms with Crippen LogP contribution in [0.5, 0.6) is 23.0 Å². The number of aliphatic carboxylic acids is 2. The Morgan fingerprint density at radius 2 is 0.449 bits per heavy atom. The third-order valence-corrected chi connectivity index (χ3v) is 33.9. The fourth-order valence-corrected chi connectivity index (χ4v) is 23.3. The van der Waals surface area contributed by atoms with E-state index in [1.54, 1.807) is 47.0 Å². The molecule has 8 N–H and O–H groups in total. The highest BCUT2D eigenvalue weighted by Gasteiger charge is 2.47. The molecule has 0 aliphatic carbocycles. The predicted molar refractivity (Wildman–Crippen MR) is 477 cm³/mol. The van der Waals surface area contributed by atoms with Gasteiger partial charge >= 0.3 is 42.3 Å². The van der Waals surface area contributed by atoms with Gasteiger partial charge in [-0.15, -0.1) is 0 Å². The maximum Gasteiger partial charge on any atom is 0.349 e. The molecule has 4 aromatic rings. The van der Waals surface area contributed by atoms with Gasteiger partial charge in [-0.1, -0.05) is 130 Å². The van der Waals surface area contributed by atoms with Crippen LogP contribution < -0.4 is 40.2 Å². The largest absolute Gasteiger partial charge is 0.491 e. The smallest absolute Gasteiger partial charge is 0.349 e. The van der Waals surface area contributed by atoms with E-state index >= 15 is 0 Å². The fraction of sp³-hybridized carbons (Fsp3) is 0.690. The van der Waals surface area contributed by atoms with E-state index in [1.165, 1.54) is 0 Å². The molecule has 8 bridgehead atoms. The van der Waals surface area contributed by atoms with Crippen LogP contribution in [0.4, 0.5) is 0 Å². The van der Waals surface area contributed by atoms with Crippen molar-refractivity contribution in [2.24, 2.45) is 0 Å². The molecule has 0 saturated carbocycles. The molecule has 2 atom stereocenters. The summed E-state index contributed by atoms with van der Waals surface area (Å²) >= 11 is 6.43. The Hall–Kier alpha value is -3.22. The lowest BCUT2D eigenvalue weighted by Crippen LogP contribution is -2.41. The summed E-state index contributed by atoms with van der Waals surface area (Å²) < 4.78 is 133. The zero-order valence-electron chi connectivity index (χ0n) is 75.5. The van der Waals surface area contributed by atoms with Crippen molar-refractivity contribution in [3.63, 3.8) is 0 Å². The van der Waals surface area contributed by atoms with Gasteiger partial charge in [-0.2, -0.15) is 0 Å². The second kappa shape index (κ2) is 46.3. The zero-order chi connectivity index (χ0) is 89.5. The van der Waals surface area contributed by atoms with Gasteiger partial charge in [-0.05, 0) is 255 Å². The van der Waals surface area contributed by atoms with Gasteiger partial charge in [0.2, 0.25) is 0 Å². The van der Waals surface area contributed by atoms with E-state index in [9.17, 15) is 27.8 Å². The van der Waals surface area contributed by atoms with Gasteiger partial charge in [0.05, 0.1) is 118 Å². The van der Waals surface area contributed by atoms with Crippen molar-refractivity contribution in [2.75, 3.05) is 105 Å². The SMILES string of the molecule is CCOP(=O)(OCC)C(C)(C)NCCCOc1c2cc(C(C)(C)C)cc1Sc1cc(C(C)(C)C)cc(c1OCCCNC(C)(C)P(=O)(OCC)OCC)Sc1cc(C(C)(C)C)cc(c1OCCCNC(C)(C)P(=O)(OCC)OCC)Sc1cc(C(C)(C)C)cc(c1OCCCNC(C)(C)P(=O)(OCC)OCC)S2.O=C(O)C(O)C(O)C(=O)O. The van der Waals surface area contributed by atoms with E-state index in [-0.39, 0.29) is 101 Å².